The molecule has 2 aliphatic heterocycles. The summed E-state index contributed by atoms with van der Waals surface area (Å²) in [5.41, 5.74) is 1.95. The minimum absolute atomic E-state index is 0.106. The van der Waals surface area contributed by atoms with Crippen molar-refractivity contribution >= 4 is 23.4 Å². The van der Waals surface area contributed by atoms with Crippen LogP contribution in [0.1, 0.15) is 37.0 Å². The summed E-state index contributed by atoms with van der Waals surface area (Å²) in [6.45, 7) is 7.09. The lowest BCUT2D eigenvalue weighted by Gasteiger charge is -2.27. The highest BCUT2D eigenvalue weighted by Crippen LogP contribution is 2.29. The lowest BCUT2D eigenvalue weighted by molar-refractivity contribution is -0.134. The Morgan fingerprint density at radius 3 is 2.11 bits per heavy atom. The Balaban J connectivity index is 1.48. The zero-order valence-corrected chi connectivity index (χ0v) is 27.7. The number of carbonyl (C=O) groups is 4. The number of nitrogens with zero attached hydrogens (tertiary/aromatic N) is 2. The number of hydrogen-bond acceptors (Lipinski definition) is 9. The molecular weight excluding hydrogens is 588 g/mol. The number of nitrogens with one attached hydrogen (secondary N) is 2. The summed E-state index contributed by atoms with van der Waals surface area (Å²) in [5, 5.41) is 5.77. The third kappa shape index (κ3) is 10.4. The molecule has 11 nitrogen and oxygen atoms in total. The largest absolute Gasteiger partial charge is 0.497 e. The van der Waals surface area contributed by atoms with Gasteiger partial charge in [0.2, 0.25) is 11.8 Å². The molecule has 46 heavy (non-hydrogen) atoms. The average Bonchev–Trinajstić information content (AvgIpc) is 3.79. The Labute approximate surface area is 271 Å². The predicted octanol–water partition coefficient (Wildman–Crippen LogP) is 1.80. The standard InChI is InChI=1S/C35H48N4O7/c1-24(36-32(41)22-39-14-16-45-17-15-39)31(40)20-28(18-25-10-12-29(44-5)13-11-25)34(43)37-30(33(42)35(2)23-46-35)19-26-6-8-27(9-7-26)21-38(3)4/h6-13,24,28,30H,14-23H2,1-5H3,(H,36,41)(H,37,43). The van der Waals surface area contributed by atoms with Crippen LogP contribution >= 0.6 is 0 Å². The highest BCUT2D eigenvalue weighted by Gasteiger charge is 2.50. The first-order chi connectivity index (χ1) is 22.0. The van der Waals surface area contributed by atoms with Gasteiger partial charge in [-0.25, -0.2) is 0 Å². The summed E-state index contributed by atoms with van der Waals surface area (Å²) < 4.78 is 16.1. The van der Waals surface area contributed by atoms with Crippen molar-refractivity contribution < 1.29 is 33.4 Å². The van der Waals surface area contributed by atoms with Gasteiger partial charge in [0.1, 0.15) is 11.4 Å². The number of epoxide rings is 1. The van der Waals surface area contributed by atoms with Crippen LogP contribution in [0.3, 0.4) is 0 Å². The molecule has 0 aromatic heterocycles. The van der Waals surface area contributed by atoms with Crippen molar-refractivity contribution in [2.75, 3.05) is 60.7 Å². The molecule has 2 saturated heterocycles. The third-order valence-corrected chi connectivity index (χ3v) is 8.48. The van der Waals surface area contributed by atoms with E-state index in [0.29, 0.717) is 45.1 Å². The third-order valence-electron chi connectivity index (χ3n) is 8.48. The van der Waals surface area contributed by atoms with Gasteiger partial charge < -0.3 is 29.7 Å². The Morgan fingerprint density at radius 1 is 0.935 bits per heavy atom. The SMILES string of the molecule is COc1ccc(CC(CC(=O)C(C)NC(=O)CN2CCOCC2)C(=O)NC(Cc2ccc(CN(C)C)cc2)C(=O)C2(C)CO2)cc1. The number of morpholine rings is 1. The van der Waals surface area contributed by atoms with E-state index in [2.05, 4.69) is 15.5 Å². The van der Waals surface area contributed by atoms with Crippen LogP contribution in [-0.4, -0.2) is 112 Å². The number of Topliss-reactive ketones (excluding diaryl/α,β-unsaturated/α-hetero) is 2. The molecule has 0 spiro atoms. The van der Waals surface area contributed by atoms with E-state index < -0.39 is 29.5 Å². The molecule has 250 valence electrons. The van der Waals surface area contributed by atoms with Gasteiger partial charge in [0.25, 0.3) is 0 Å². The van der Waals surface area contributed by atoms with Crippen molar-refractivity contribution in [3.63, 3.8) is 0 Å². The van der Waals surface area contributed by atoms with Crippen molar-refractivity contribution in [1.29, 1.82) is 0 Å². The van der Waals surface area contributed by atoms with Gasteiger partial charge >= 0.3 is 0 Å². The predicted molar refractivity (Wildman–Crippen MR) is 174 cm³/mol. The molecule has 2 aromatic rings. The average molecular weight is 637 g/mol. The monoisotopic (exact) mass is 636 g/mol. The number of ether oxygens (including phenoxy) is 3. The van der Waals surface area contributed by atoms with Gasteiger partial charge in [0.05, 0.1) is 45.6 Å². The highest BCUT2D eigenvalue weighted by molar-refractivity contribution is 5.98. The molecule has 4 unspecified atom stereocenters. The van der Waals surface area contributed by atoms with Gasteiger partial charge in [0.15, 0.2) is 11.6 Å². The van der Waals surface area contributed by atoms with Crippen molar-refractivity contribution in [1.82, 2.24) is 20.4 Å². The Bertz CT molecular complexity index is 1340. The summed E-state index contributed by atoms with van der Waals surface area (Å²) in [7, 11) is 5.58. The summed E-state index contributed by atoms with van der Waals surface area (Å²) in [5.74, 6) is -1.21. The van der Waals surface area contributed by atoms with Gasteiger partial charge in [-0.05, 0) is 69.6 Å². The van der Waals surface area contributed by atoms with Crippen LogP contribution in [0.4, 0.5) is 0 Å². The Hall–Kier alpha value is -3.64. The molecule has 0 saturated carbocycles. The summed E-state index contributed by atoms with van der Waals surface area (Å²) in [4.78, 5) is 57.7. The number of ketones is 2. The smallest absolute Gasteiger partial charge is 0.234 e. The minimum atomic E-state index is -0.941. The molecule has 2 heterocycles. The van der Waals surface area contributed by atoms with Crippen molar-refractivity contribution in [2.45, 2.75) is 57.3 Å². The van der Waals surface area contributed by atoms with Crippen molar-refractivity contribution in [3.05, 3.63) is 65.2 Å². The van der Waals surface area contributed by atoms with E-state index in [4.69, 9.17) is 14.2 Å². The molecule has 0 aliphatic carbocycles. The maximum Gasteiger partial charge on any atom is 0.234 e. The summed E-state index contributed by atoms with van der Waals surface area (Å²) in [6.07, 6.45) is 0.456. The van der Waals surface area contributed by atoms with Crippen LogP contribution in [-0.2, 0) is 48.0 Å². The van der Waals surface area contributed by atoms with Gasteiger partial charge in [-0.2, -0.15) is 0 Å². The molecular formula is C35H48N4O7. The van der Waals surface area contributed by atoms with E-state index in [0.717, 1.165) is 23.2 Å². The van der Waals surface area contributed by atoms with Crippen LogP contribution in [0.5, 0.6) is 5.75 Å². The Morgan fingerprint density at radius 2 is 1.52 bits per heavy atom. The van der Waals surface area contributed by atoms with E-state index in [9.17, 15) is 19.2 Å². The second-order valence-corrected chi connectivity index (χ2v) is 12.8. The second-order valence-electron chi connectivity index (χ2n) is 12.8. The van der Waals surface area contributed by atoms with E-state index in [1.807, 2.05) is 55.4 Å². The molecule has 11 heteroatoms. The minimum Gasteiger partial charge on any atom is -0.497 e. The first kappa shape index (κ1) is 35.2. The maximum atomic E-state index is 13.9. The highest BCUT2D eigenvalue weighted by atomic mass is 16.6. The molecule has 4 rings (SSSR count). The first-order valence-corrected chi connectivity index (χ1v) is 15.9. The van der Waals surface area contributed by atoms with E-state index in [1.54, 1.807) is 33.1 Å². The van der Waals surface area contributed by atoms with Gasteiger partial charge in [-0.15, -0.1) is 0 Å². The van der Waals surface area contributed by atoms with Crippen LogP contribution in [0.25, 0.3) is 0 Å². The van der Waals surface area contributed by atoms with Gasteiger partial charge in [0, 0.05) is 32.0 Å². The molecule has 4 atom stereocenters. The topological polar surface area (TPSA) is 130 Å². The number of benzene rings is 2. The number of methoxy groups -OCH3 is 1. The molecule has 2 aromatic carbocycles. The maximum absolute atomic E-state index is 13.9. The van der Waals surface area contributed by atoms with E-state index in [-0.39, 0.29) is 36.9 Å². The lowest BCUT2D eigenvalue weighted by atomic mass is 9.89. The fourth-order valence-corrected chi connectivity index (χ4v) is 5.55. The van der Waals surface area contributed by atoms with Crippen LogP contribution in [0.15, 0.2) is 48.5 Å². The number of rotatable bonds is 17. The van der Waals surface area contributed by atoms with Crippen molar-refractivity contribution in [3.8, 4) is 5.75 Å². The van der Waals surface area contributed by atoms with Crippen LogP contribution in [0, 0.1) is 5.92 Å². The van der Waals surface area contributed by atoms with Crippen LogP contribution in [0.2, 0.25) is 0 Å². The Kier molecular flexibility index (Phi) is 12.5. The number of carbonyl (C=O) groups excluding carboxylic acids is 4. The quantitative estimate of drug-likeness (QED) is 0.250. The molecule has 0 bridgehead atoms. The number of hydrogen-bond donors (Lipinski definition) is 2. The van der Waals surface area contributed by atoms with E-state index >= 15 is 0 Å². The molecule has 2 fully saturated rings. The van der Waals surface area contributed by atoms with Gasteiger partial charge in [-0.3, -0.25) is 24.1 Å². The van der Waals surface area contributed by atoms with Gasteiger partial charge in [-0.1, -0.05) is 36.4 Å². The van der Waals surface area contributed by atoms with Crippen molar-refractivity contribution in [2.24, 2.45) is 5.92 Å². The lowest BCUT2D eigenvalue weighted by Crippen LogP contribution is -2.50. The zero-order valence-electron chi connectivity index (χ0n) is 27.7. The molecule has 2 amide bonds. The summed E-state index contributed by atoms with van der Waals surface area (Å²) in [6, 6.07) is 13.7. The summed E-state index contributed by atoms with van der Waals surface area (Å²) >= 11 is 0. The first-order valence-electron chi connectivity index (χ1n) is 15.9. The fraction of sp³-hybridized carbons (Fsp3) is 0.543. The number of amides is 2. The normalized spacial score (nSPS) is 20.0. The molecule has 0 radical (unpaired) electrons. The fourth-order valence-electron chi connectivity index (χ4n) is 5.55. The van der Waals surface area contributed by atoms with Crippen LogP contribution < -0.4 is 15.4 Å². The second kappa shape index (κ2) is 16.3. The zero-order chi connectivity index (χ0) is 33.3. The molecule has 2 N–H and O–H groups in total. The van der Waals surface area contributed by atoms with E-state index in [1.165, 1.54) is 0 Å². The molecule has 2 aliphatic rings.